The first-order valence-electron chi connectivity index (χ1n) is 8.59. The number of methoxy groups -OCH3 is 1. The number of benzene rings is 1. The Kier molecular flexibility index (Phi) is 7.59. The summed E-state index contributed by atoms with van der Waals surface area (Å²) in [7, 11) is 1.62. The zero-order valence-corrected chi connectivity index (χ0v) is 16.1. The molecule has 26 heavy (non-hydrogen) atoms. The number of carbonyl (C=O) groups is 2. The van der Waals surface area contributed by atoms with E-state index in [1.165, 1.54) is 11.3 Å². The van der Waals surface area contributed by atoms with E-state index in [1.807, 2.05) is 43.5 Å². The van der Waals surface area contributed by atoms with Crippen molar-refractivity contribution >= 4 is 23.2 Å². The van der Waals surface area contributed by atoms with Gasteiger partial charge in [0, 0.05) is 17.0 Å². The van der Waals surface area contributed by atoms with Gasteiger partial charge in [0.25, 0.3) is 5.91 Å². The smallest absolute Gasteiger partial charge is 0.312 e. The average Bonchev–Trinajstić information content (AvgIpc) is 3.12. The molecule has 0 saturated carbocycles. The van der Waals surface area contributed by atoms with Crippen LogP contribution in [0.4, 0.5) is 0 Å². The summed E-state index contributed by atoms with van der Waals surface area (Å²) in [6, 6.07) is 7.68. The molecule has 0 aliphatic rings. The van der Waals surface area contributed by atoms with E-state index in [2.05, 4.69) is 10.3 Å². The van der Waals surface area contributed by atoms with Gasteiger partial charge in [-0.2, -0.15) is 0 Å². The molecule has 0 radical (unpaired) electrons. The first-order chi connectivity index (χ1) is 12.5. The summed E-state index contributed by atoms with van der Waals surface area (Å²) in [6.45, 7) is 3.75. The second-order valence-electron chi connectivity index (χ2n) is 5.79. The molecule has 0 aliphatic heterocycles. The molecule has 2 aromatic rings. The van der Waals surface area contributed by atoms with E-state index < -0.39 is 5.97 Å². The summed E-state index contributed by atoms with van der Waals surface area (Å²) < 4.78 is 10.2. The van der Waals surface area contributed by atoms with Crippen LogP contribution in [0.3, 0.4) is 0 Å². The SMILES string of the molecule is CCC(CC)NC(=O)COC(=O)Cc1csc(-c2ccc(OC)cc2)n1. The van der Waals surface area contributed by atoms with Gasteiger partial charge in [0.05, 0.1) is 19.2 Å². The molecule has 0 atom stereocenters. The van der Waals surface area contributed by atoms with Crippen molar-refractivity contribution in [1.29, 1.82) is 0 Å². The number of amides is 1. The minimum atomic E-state index is -0.462. The van der Waals surface area contributed by atoms with Gasteiger partial charge in [-0.3, -0.25) is 9.59 Å². The molecule has 6 nitrogen and oxygen atoms in total. The summed E-state index contributed by atoms with van der Waals surface area (Å²) in [5.41, 5.74) is 1.59. The van der Waals surface area contributed by atoms with Gasteiger partial charge in [-0.25, -0.2) is 4.98 Å². The van der Waals surface area contributed by atoms with Gasteiger partial charge in [0.15, 0.2) is 6.61 Å². The summed E-state index contributed by atoms with van der Waals surface area (Å²) in [5.74, 6) is 0.0429. The number of thiazole rings is 1. The third-order valence-electron chi connectivity index (χ3n) is 3.93. The van der Waals surface area contributed by atoms with Crippen LogP contribution in [-0.4, -0.2) is 36.6 Å². The van der Waals surface area contributed by atoms with Crippen molar-refractivity contribution in [2.45, 2.75) is 39.2 Å². The van der Waals surface area contributed by atoms with Gasteiger partial charge in [-0.15, -0.1) is 11.3 Å². The number of esters is 1. The maximum absolute atomic E-state index is 11.9. The Morgan fingerprint density at radius 3 is 2.50 bits per heavy atom. The fourth-order valence-electron chi connectivity index (χ4n) is 2.36. The van der Waals surface area contributed by atoms with E-state index in [0.29, 0.717) is 5.69 Å². The molecule has 0 bridgehead atoms. The standard InChI is InChI=1S/C19H24N2O4S/c1-4-14(5-2)20-17(22)11-25-18(23)10-15-12-26-19(21-15)13-6-8-16(24-3)9-7-13/h6-9,12,14H,4-5,10-11H2,1-3H3,(H,20,22). The van der Waals surface area contributed by atoms with Gasteiger partial charge in [0.1, 0.15) is 10.8 Å². The van der Waals surface area contributed by atoms with Crippen molar-refractivity contribution in [3.63, 3.8) is 0 Å². The van der Waals surface area contributed by atoms with Crippen molar-refractivity contribution in [3.8, 4) is 16.3 Å². The van der Waals surface area contributed by atoms with Crippen LogP contribution in [0.15, 0.2) is 29.6 Å². The van der Waals surface area contributed by atoms with Gasteiger partial charge >= 0.3 is 5.97 Å². The summed E-state index contributed by atoms with van der Waals surface area (Å²) in [5, 5.41) is 5.48. The first-order valence-corrected chi connectivity index (χ1v) is 9.47. The molecule has 0 unspecified atom stereocenters. The van der Waals surface area contributed by atoms with E-state index in [9.17, 15) is 9.59 Å². The molecule has 2 rings (SSSR count). The van der Waals surface area contributed by atoms with Crippen LogP contribution < -0.4 is 10.1 Å². The Hall–Kier alpha value is -2.41. The predicted molar refractivity (Wildman–Crippen MR) is 101 cm³/mol. The van der Waals surface area contributed by atoms with Gasteiger partial charge in [-0.05, 0) is 37.1 Å². The number of nitrogens with one attached hydrogen (secondary N) is 1. The molecule has 0 fully saturated rings. The van der Waals surface area contributed by atoms with E-state index in [-0.39, 0.29) is 25.0 Å². The Morgan fingerprint density at radius 2 is 1.88 bits per heavy atom. The van der Waals surface area contributed by atoms with E-state index >= 15 is 0 Å². The minimum absolute atomic E-state index is 0.0465. The molecular weight excluding hydrogens is 352 g/mol. The molecule has 140 valence electrons. The second kappa shape index (κ2) is 9.91. The number of aromatic nitrogens is 1. The summed E-state index contributed by atoms with van der Waals surface area (Å²) >= 11 is 1.46. The molecule has 1 heterocycles. The highest BCUT2D eigenvalue weighted by Crippen LogP contribution is 2.25. The molecule has 0 saturated heterocycles. The zero-order chi connectivity index (χ0) is 18.9. The van der Waals surface area contributed by atoms with Crippen LogP contribution in [0.25, 0.3) is 10.6 Å². The van der Waals surface area contributed by atoms with E-state index in [1.54, 1.807) is 7.11 Å². The summed E-state index contributed by atoms with van der Waals surface area (Å²) in [6.07, 6.45) is 1.75. The van der Waals surface area contributed by atoms with Gasteiger partial charge in [-0.1, -0.05) is 13.8 Å². The lowest BCUT2D eigenvalue weighted by atomic mass is 10.2. The average molecular weight is 376 g/mol. The molecule has 0 spiro atoms. The van der Waals surface area contributed by atoms with Crippen LogP contribution in [0.2, 0.25) is 0 Å². The van der Waals surface area contributed by atoms with Gasteiger partial charge < -0.3 is 14.8 Å². The third-order valence-corrected chi connectivity index (χ3v) is 4.87. The van der Waals surface area contributed by atoms with Crippen molar-refractivity contribution in [2.24, 2.45) is 0 Å². The van der Waals surface area contributed by atoms with Crippen LogP contribution >= 0.6 is 11.3 Å². The maximum Gasteiger partial charge on any atom is 0.312 e. The number of nitrogens with zero attached hydrogens (tertiary/aromatic N) is 1. The normalized spacial score (nSPS) is 10.6. The zero-order valence-electron chi connectivity index (χ0n) is 15.3. The van der Waals surface area contributed by atoms with Crippen LogP contribution in [0, 0.1) is 0 Å². The summed E-state index contributed by atoms with van der Waals surface area (Å²) in [4.78, 5) is 28.1. The lowest BCUT2D eigenvalue weighted by Gasteiger charge is -2.14. The molecule has 1 amide bonds. The molecule has 1 N–H and O–H groups in total. The number of hydrogen-bond acceptors (Lipinski definition) is 6. The van der Waals surface area contributed by atoms with E-state index in [0.717, 1.165) is 29.2 Å². The predicted octanol–water partition coefficient (Wildman–Crippen LogP) is 3.21. The monoisotopic (exact) mass is 376 g/mol. The van der Waals surface area contributed by atoms with Gasteiger partial charge in [0.2, 0.25) is 0 Å². The van der Waals surface area contributed by atoms with Crippen molar-refractivity contribution < 1.29 is 19.1 Å². The molecule has 1 aromatic heterocycles. The molecule has 1 aromatic carbocycles. The van der Waals surface area contributed by atoms with Crippen molar-refractivity contribution in [2.75, 3.05) is 13.7 Å². The largest absolute Gasteiger partial charge is 0.497 e. The topological polar surface area (TPSA) is 77.5 Å². The highest BCUT2D eigenvalue weighted by atomic mass is 32.1. The fourth-order valence-corrected chi connectivity index (χ4v) is 3.19. The Bertz CT molecular complexity index is 723. The highest BCUT2D eigenvalue weighted by molar-refractivity contribution is 7.13. The first kappa shape index (κ1) is 19.9. The van der Waals surface area contributed by atoms with Crippen LogP contribution in [-0.2, 0) is 20.7 Å². The van der Waals surface area contributed by atoms with Crippen LogP contribution in [0.5, 0.6) is 5.75 Å². The Labute approximate surface area is 157 Å². The fraction of sp³-hybridized carbons (Fsp3) is 0.421. The number of hydrogen-bond donors (Lipinski definition) is 1. The second-order valence-corrected chi connectivity index (χ2v) is 6.65. The number of ether oxygens (including phenoxy) is 2. The third kappa shape index (κ3) is 5.84. The molecular formula is C19H24N2O4S. The Morgan fingerprint density at radius 1 is 1.19 bits per heavy atom. The highest BCUT2D eigenvalue weighted by Gasteiger charge is 2.13. The minimum Gasteiger partial charge on any atom is -0.497 e. The lowest BCUT2D eigenvalue weighted by Crippen LogP contribution is -2.37. The van der Waals surface area contributed by atoms with Crippen molar-refractivity contribution in [1.82, 2.24) is 10.3 Å². The quantitative estimate of drug-likeness (QED) is 0.680. The van der Waals surface area contributed by atoms with Crippen LogP contribution in [0.1, 0.15) is 32.4 Å². The number of rotatable bonds is 9. The Balaban J connectivity index is 1.84. The maximum atomic E-state index is 11.9. The lowest BCUT2D eigenvalue weighted by molar-refractivity contribution is -0.148. The molecule has 7 heteroatoms. The van der Waals surface area contributed by atoms with E-state index in [4.69, 9.17) is 9.47 Å². The molecule has 0 aliphatic carbocycles. The van der Waals surface area contributed by atoms with Crippen molar-refractivity contribution in [3.05, 3.63) is 35.3 Å². The number of carbonyl (C=O) groups excluding carboxylic acids is 2.